The van der Waals surface area contributed by atoms with Gasteiger partial charge in [-0.2, -0.15) is 5.10 Å². The molecule has 1 aromatic heterocycles. The van der Waals surface area contributed by atoms with Crippen molar-refractivity contribution >= 4 is 17.3 Å². The van der Waals surface area contributed by atoms with Crippen LogP contribution in [0.25, 0.3) is 5.69 Å². The third-order valence-electron chi connectivity index (χ3n) is 3.92. The highest BCUT2D eigenvalue weighted by Gasteiger charge is 2.18. The molecule has 0 amide bonds. The number of aromatic nitrogens is 2. The van der Waals surface area contributed by atoms with E-state index in [0.717, 1.165) is 24.3 Å². The second kappa shape index (κ2) is 6.50. The molecule has 0 saturated carbocycles. The molecule has 3 rings (SSSR count). The number of anilines is 1. The molecule has 1 saturated heterocycles. The van der Waals surface area contributed by atoms with Crippen molar-refractivity contribution in [3.05, 3.63) is 41.7 Å². The van der Waals surface area contributed by atoms with E-state index in [4.69, 9.17) is 11.6 Å². The van der Waals surface area contributed by atoms with E-state index in [1.165, 1.54) is 12.8 Å². The Labute approximate surface area is 130 Å². The number of nitrogens with zero attached hydrogens (tertiary/aromatic N) is 2. The van der Waals surface area contributed by atoms with Crippen molar-refractivity contribution < 1.29 is 0 Å². The fourth-order valence-electron chi connectivity index (χ4n) is 2.97. The average molecular weight is 305 g/mol. The molecule has 2 heterocycles. The maximum atomic E-state index is 6.36. The minimum Gasteiger partial charge on any atom is -0.381 e. The van der Waals surface area contributed by atoms with Crippen LogP contribution in [-0.4, -0.2) is 28.4 Å². The number of hydrogen-bond donors (Lipinski definition) is 2. The van der Waals surface area contributed by atoms with E-state index in [2.05, 4.69) is 28.7 Å². The first-order valence-corrected chi connectivity index (χ1v) is 7.90. The number of hydrogen-bond acceptors (Lipinski definition) is 3. The molecule has 1 fully saturated rings. The molecule has 0 bridgehead atoms. The quantitative estimate of drug-likeness (QED) is 0.889. The third kappa shape index (κ3) is 3.39. The lowest BCUT2D eigenvalue weighted by Gasteiger charge is -2.21. The summed E-state index contributed by atoms with van der Waals surface area (Å²) in [5.41, 5.74) is 1.94. The van der Waals surface area contributed by atoms with E-state index in [-0.39, 0.29) is 0 Å². The summed E-state index contributed by atoms with van der Waals surface area (Å²) in [6.45, 7) is 3.36. The van der Waals surface area contributed by atoms with Gasteiger partial charge in [-0.3, -0.25) is 0 Å². The van der Waals surface area contributed by atoms with Crippen LogP contribution in [0.4, 0.5) is 5.69 Å². The minimum absolute atomic E-state index is 0.383. The first-order chi connectivity index (χ1) is 10.2. The van der Waals surface area contributed by atoms with E-state index in [9.17, 15) is 0 Å². The number of nitrogens with one attached hydrogen (secondary N) is 2. The number of halogens is 1. The lowest BCUT2D eigenvalue weighted by molar-refractivity contribution is 0.523. The smallest absolute Gasteiger partial charge is 0.106 e. The molecular weight excluding hydrogens is 284 g/mol. The first-order valence-electron chi connectivity index (χ1n) is 7.52. The van der Waals surface area contributed by atoms with Crippen LogP contribution in [-0.2, 0) is 0 Å². The van der Waals surface area contributed by atoms with Crippen LogP contribution in [0.15, 0.2) is 36.7 Å². The summed E-state index contributed by atoms with van der Waals surface area (Å²) in [6.07, 6.45) is 7.35. The predicted octanol–water partition coefficient (Wildman–Crippen LogP) is 3.47. The van der Waals surface area contributed by atoms with Crippen LogP contribution in [0.3, 0.4) is 0 Å². The van der Waals surface area contributed by atoms with E-state index in [0.29, 0.717) is 17.1 Å². The molecule has 4 nitrogen and oxygen atoms in total. The van der Waals surface area contributed by atoms with Crippen LogP contribution in [0.2, 0.25) is 5.02 Å². The normalized spacial score (nSPS) is 19.6. The van der Waals surface area contributed by atoms with Gasteiger partial charge in [0, 0.05) is 24.5 Å². The summed E-state index contributed by atoms with van der Waals surface area (Å²) in [7, 11) is 0. The number of rotatable bonds is 5. The van der Waals surface area contributed by atoms with Crippen molar-refractivity contribution in [3.8, 4) is 5.69 Å². The predicted molar refractivity (Wildman–Crippen MR) is 87.3 cm³/mol. The summed E-state index contributed by atoms with van der Waals surface area (Å²) >= 11 is 6.36. The van der Waals surface area contributed by atoms with Gasteiger partial charge in [-0.1, -0.05) is 17.7 Å². The Kier molecular flexibility index (Phi) is 4.46. The van der Waals surface area contributed by atoms with E-state index in [1.54, 1.807) is 6.20 Å². The average Bonchev–Trinajstić information content (AvgIpc) is 3.11. The molecule has 2 unspecified atom stereocenters. The molecular formula is C16H21ClN4. The van der Waals surface area contributed by atoms with Crippen LogP contribution < -0.4 is 10.6 Å². The van der Waals surface area contributed by atoms with Crippen molar-refractivity contribution in [1.82, 2.24) is 15.1 Å². The second-order valence-corrected chi connectivity index (χ2v) is 6.07. The molecule has 0 spiro atoms. The molecule has 2 N–H and O–H groups in total. The second-order valence-electron chi connectivity index (χ2n) is 5.66. The molecule has 2 atom stereocenters. The largest absolute Gasteiger partial charge is 0.381 e. The Balaban J connectivity index is 1.77. The fourth-order valence-corrected chi connectivity index (χ4v) is 3.24. The molecule has 1 aliphatic rings. The van der Waals surface area contributed by atoms with Gasteiger partial charge in [0.15, 0.2) is 0 Å². The molecule has 0 aliphatic carbocycles. The lowest BCUT2D eigenvalue weighted by Crippen LogP contribution is -2.29. The minimum atomic E-state index is 0.383. The zero-order valence-electron chi connectivity index (χ0n) is 12.2. The van der Waals surface area contributed by atoms with Gasteiger partial charge >= 0.3 is 0 Å². The monoisotopic (exact) mass is 304 g/mol. The van der Waals surface area contributed by atoms with Crippen LogP contribution in [0.5, 0.6) is 0 Å². The summed E-state index contributed by atoms with van der Waals surface area (Å²) in [5.74, 6) is 0. The van der Waals surface area contributed by atoms with Gasteiger partial charge in [0.1, 0.15) is 5.69 Å². The maximum absolute atomic E-state index is 6.36. The van der Waals surface area contributed by atoms with E-state index < -0.39 is 0 Å². The van der Waals surface area contributed by atoms with Crippen LogP contribution in [0.1, 0.15) is 26.2 Å². The van der Waals surface area contributed by atoms with Crippen molar-refractivity contribution in [2.45, 2.75) is 38.3 Å². The van der Waals surface area contributed by atoms with Crippen LogP contribution >= 0.6 is 11.6 Å². The topological polar surface area (TPSA) is 41.9 Å². The van der Waals surface area contributed by atoms with Crippen molar-refractivity contribution in [1.29, 1.82) is 0 Å². The summed E-state index contributed by atoms with van der Waals surface area (Å²) in [5, 5.41) is 12.1. The lowest BCUT2D eigenvalue weighted by atomic mass is 10.1. The Morgan fingerprint density at radius 2 is 2.38 bits per heavy atom. The summed E-state index contributed by atoms with van der Waals surface area (Å²) < 4.78 is 1.81. The van der Waals surface area contributed by atoms with Crippen molar-refractivity contribution in [2.24, 2.45) is 0 Å². The van der Waals surface area contributed by atoms with E-state index >= 15 is 0 Å². The maximum Gasteiger partial charge on any atom is 0.106 e. The highest BCUT2D eigenvalue weighted by Crippen LogP contribution is 2.29. The molecule has 112 valence electrons. The Hall–Kier alpha value is -1.52. The van der Waals surface area contributed by atoms with Gasteiger partial charge in [-0.15, -0.1) is 0 Å². The summed E-state index contributed by atoms with van der Waals surface area (Å²) in [6, 6.07) is 8.83. The standard InChI is InChI=1S/C16H21ClN4/c1-12(11-13-5-3-8-18-13)20-15-7-2-6-14(17)16(15)21-10-4-9-19-21/h2,4,6-7,9-10,12-13,18,20H,3,5,8,11H2,1H3. The van der Waals surface area contributed by atoms with Gasteiger partial charge < -0.3 is 10.6 Å². The zero-order chi connectivity index (χ0) is 14.7. The molecule has 0 radical (unpaired) electrons. The Morgan fingerprint density at radius 1 is 1.48 bits per heavy atom. The third-order valence-corrected chi connectivity index (χ3v) is 4.23. The number of para-hydroxylation sites is 1. The molecule has 1 aromatic carbocycles. The SMILES string of the molecule is CC(CC1CCCN1)Nc1cccc(Cl)c1-n1cccn1. The Morgan fingerprint density at radius 3 is 3.10 bits per heavy atom. The van der Waals surface area contributed by atoms with Crippen LogP contribution in [0, 0.1) is 0 Å². The highest BCUT2D eigenvalue weighted by atomic mass is 35.5. The van der Waals surface area contributed by atoms with Gasteiger partial charge in [0.25, 0.3) is 0 Å². The number of benzene rings is 1. The van der Waals surface area contributed by atoms with E-state index in [1.807, 2.05) is 29.1 Å². The van der Waals surface area contributed by atoms with Gasteiger partial charge in [0.05, 0.1) is 10.7 Å². The molecule has 21 heavy (non-hydrogen) atoms. The van der Waals surface area contributed by atoms with Crippen molar-refractivity contribution in [3.63, 3.8) is 0 Å². The van der Waals surface area contributed by atoms with Crippen molar-refractivity contribution in [2.75, 3.05) is 11.9 Å². The summed E-state index contributed by atoms with van der Waals surface area (Å²) in [4.78, 5) is 0. The van der Waals surface area contributed by atoms with Gasteiger partial charge in [-0.25, -0.2) is 4.68 Å². The molecule has 2 aromatic rings. The fraction of sp³-hybridized carbons (Fsp3) is 0.438. The van der Waals surface area contributed by atoms with Gasteiger partial charge in [0.2, 0.25) is 0 Å². The molecule has 1 aliphatic heterocycles. The highest BCUT2D eigenvalue weighted by molar-refractivity contribution is 6.33. The van der Waals surface area contributed by atoms with Gasteiger partial charge in [-0.05, 0) is 50.9 Å². The molecule has 5 heteroatoms. The first kappa shape index (κ1) is 14.4. The zero-order valence-corrected chi connectivity index (χ0v) is 13.0. The Bertz CT molecular complexity index is 576.